The van der Waals surface area contributed by atoms with E-state index in [4.69, 9.17) is 70.1 Å². The minimum absolute atomic E-state index is 0.0590. The van der Waals surface area contributed by atoms with Gasteiger partial charge in [0.15, 0.2) is 11.5 Å². The highest BCUT2D eigenvalue weighted by Gasteiger charge is 2.33. The average molecular weight is 720 g/mol. The largest absolute Gasteiger partial charge is 0.465 e. The van der Waals surface area contributed by atoms with Gasteiger partial charge in [0.05, 0.1) is 22.7 Å². The van der Waals surface area contributed by atoms with Crippen LogP contribution in [-0.2, 0) is 4.74 Å². The Hall–Kier alpha value is -5.09. The van der Waals surface area contributed by atoms with Crippen LogP contribution in [0.4, 0.5) is 0 Å². The third-order valence-electron chi connectivity index (χ3n) is 6.87. The van der Waals surface area contributed by atoms with E-state index < -0.39 is 5.97 Å². The average Bonchev–Trinajstić information content (AvgIpc) is 3.07. The van der Waals surface area contributed by atoms with Gasteiger partial charge in [0.2, 0.25) is 11.5 Å². The van der Waals surface area contributed by atoms with Gasteiger partial charge in [-0.15, -0.1) is 0 Å². The summed E-state index contributed by atoms with van der Waals surface area (Å²) < 4.78 is 30.2. The maximum atomic E-state index is 12.1. The summed E-state index contributed by atoms with van der Waals surface area (Å²) in [6, 6.07) is 24.6. The molecule has 48 heavy (non-hydrogen) atoms. The number of rotatable bonds is 9. The van der Waals surface area contributed by atoms with Gasteiger partial charge < -0.3 is 23.7 Å². The molecule has 0 aliphatic carbocycles. The second-order valence-electron chi connectivity index (χ2n) is 10.1. The number of hydrogen-bond acceptors (Lipinski definition) is 8. The molecule has 0 unspecified atom stereocenters. The van der Waals surface area contributed by atoms with Crippen molar-refractivity contribution in [2.24, 2.45) is 0 Å². The fourth-order valence-electron chi connectivity index (χ4n) is 4.54. The predicted octanol–water partition coefficient (Wildman–Crippen LogP) is 11.6. The fraction of sp³-hybridized carbons (Fsp3) is 0.0833. The zero-order chi connectivity index (χ0) is 34.5. The maximum Gasteiger partial charge on any atom is 0.337 e. The number of esters is 1. The SMILES string of the molecule is COC(=O)c1ccc(Oc2c(C#N)c(C#N)c(Oc3c(C)cccc3C)c(Oc3cc(Cl)ccc3Cl)c2Oc2cc(Cl)ccc2Cl)cc1. The molecular weight excluding hydrogens is 698 g/mol. The number of carbonyl (C=O) groups is 1. The molecule has 5 aromatic rings. The third kappa shape index (κ3) is 7.23. The summed E-state index contributed by atoms with van der Waals surface area (Å²) in [5.74, 6) is -0.699. The van der Waals surface area contributed by atoms with Gasteiger partial charge in [-0.1, -0.05) is 64.6 Å². The second kappa shape index (κ2) is 14.8. The Morgan fingerprint density at radius 3 is 1.54 bits per heavy atom. The topological polar surface area (TPSA) is 111 Å². The van der Waals surface area contributed by atoms with Crippen LogP contribution in [0.2, 0.25) is 20.1 Å². The van der Waals surface area contributed by atoms with Crippen molar-refractivity contribution < 1.29 is 28.5 Å². The van der Waals surface area contributed by atoms with Crippen molar-refractivity contribution in [3.63, 3.8) is 0 Å². The molecule has 0 N–H and O–H groups in total. The molecule has 240 valence electrons. The van der Waals surface area contributed by atoms with Crippen LogP contribution >= 0.6 is 46.4 Å². The lowest BCUT2D eigenvalue weighted by atomic mass is 10.0. The first-order chi connectivity index (χ1) is 23.0. The molecular formula is C36H22Cl4N2O6. The summed E-state index contributed by atoms with van der Waals surface area (Å²) in [4.78, 5) is 12.1. The lowest BCUT2D eigenvalue weighted by Gasteiger charge is -2.23. The van der Waals surface area contributed by atoms with Gasteiger partial charge in [-0.2, -0.15) is 10.5 Å². The van der Waals surface area contributed by atoms with E-state index in [1.54, 1.807) is 12.1 Å². The van der Waals surface area contributed by atoms with Gasteiger partial charge in [-0.05, 0) is 73.5 Å². The molecule has 0 aromatic heterocycles. The van der Waals surface area contributed by atoms with Crippen LogP contribution in [0.3, 0.4) is 0 Å². The number of nitriles is 2. The van der Waals surface area contributed by atoms with Crippen molar-refractivity contribution in [1.29, 1.82) is 10.5 Å². The first-order valence-corrected chi connectivity index (χ1v) is 15.5. The molecule has 0 amide bonds. The second-order valence-corrected chi connectivity index (χ2v) is 11.8. The Labute approximate surface area is 296 Å². The number of halogens is 4. The predicted molar refractivity (Wildman–Crippen MR) is 183 cm³/mol. The number of hydrogen-bond donors (Lipinski definition) is 0. The number of methoxy groups -OCH3 is 1. The van der Waals surface area contributed by atoms with E-state index >= 15 is 0 Å². The summed E-state index contributed by atoms with van der Waals surface area (Å²) in [6.07, 6.45) is 0. The van der Waals surface area contributed by atoms with Crippen molar-refractivity contribution in [2.75, 3.05) is 7.11 Å². The number of para-hydroxylation sites is 1. The monoisotopic (exact) mass is 718 g/mol. The molecule has 0 saturated heterocycles. The van der Waals surface area contributed by atoms with Crippen molar-refractivity contribution in [3.05, 3.63) is 127 Å². The Bertz CT molecular complexity index is 2120. The van der Waals surface area contributed by atoms with Crippen LogP contribution < -0.4 is 18.9 Å². The molecule has 5 rings (SSSR count). The zero-order valence-electron chi connectivity index (χ0n) is 25.4. The minimum atomic E-state index is -0.562. The number of aryl methyl sites for hydroxylation is 2. The molecule has 0 radical (unpaired) electrons. The van der Waals surface area contributed by atoms with E-state index in [0.29, 0.717) is 10.8 Å². The summed E-state index contributed by atoms with van der Waals surface area (Å²) in [7, 11) is 1.26. The third-order valence-corrected chi connectivity index (χ3v) is 7.96. The van der Waals surface area contributed by atoms with Gasteiger partial charge >= 0.3 is 5.97 Å². The van der Waals surface area contributed by atoms with Crippen LogP contribution in [-0.4, -0.2) is 13.1 Å². The lowest BCUT2D eigenvalue weighted by molar-refractivity contribution is 0.0600. The van der Waals surface area contributed by atoms with Crippen molar-refractivity contribution >= 4 is 52.4 Å². The Morgan fingerprint density at radius 1 is 0.604 bits per heavy atom. The van der Waals surface area contributed by atoms with Crippen molar-refractivity contribution in [3.8, 4) is 58.1 Å². The van der Waals surface area contributed by atoms with Crippen LogP contribution in [0.5, 0.6) is 46.0 Å². The van der Waals surface area contributed by atoms with Crippen LogP contribution in [0.25, 0.3) is 0 Å². The molecule has 12 heteroatoms. The summed E-state index contributed by atoms with van der Waals surface area (Å²) in [5, 5.41) is 22.0. The van der Waals surface area contributed by atoms with E-state index in [1.807, 2.05) is 38.1 Å². The molecule has 0 spiro atoms. The highest BCUT2D eigenvalue weighted by atomic mass is 35.5. The molecule has 0 aliphatic heterocycles. The van der Waals surface area contributed by atoms with E-state index in [-0.39, 0.29) is 72.0 Å². The molecule has 0 heterocycles. The normalized spacial score (nSPS) is 10.4. The summed E-state index contributed by atoms with van der Waals surface area (Å²) in [6.45, 7) is 3.65. The highest BCUT2D eigenvalue weighted by Crippen LogP contribution is 2.56. The van der Waals surface area contributed by atoms with E-state index in [0.717, 1.165) is 11.1 Å². The summed E-state index contributed by atoms with van der Waals surface area (Å²) >= 11 is 25.7. The van der Waals surface area contributed by atoms with Crippen molar-refractivity contribution in [1.82, 2.24) is 0 Å². The minimum Gasteiger partial charge on any atom is -0.465 e. The number of benzene rings is 5. The van der Waals surface area contributed by atoms with Crippen LogP contribution in [0.15, 0.2) is 78.9 Å². The fourth-order valence-corrected chi connectivity index (χ4v) is 5.18. The standard InChI is InChI=1S/C36H22Cl4N2O6/c1-19-5-4-6-20(2)31(19)48-33-26(18-42)25(17-41)32(45-24-11-7-21(8-12-24)36(43)44-3)34(46-29-15-22(37)9-13-27(29)39)35(33)47-30-16-23(38)10-14-28(30)40/h4-16H,1-3H3. The smallest absolute Gasteiger partial charge is 0.337 e. The maximum absolute atomic E-state index is 12.1. The van der Waals surface area contributed by atoms with E-state index in [2.05, 4.69) is 6.07 Å². The zero-order valence-corrected chi connectivity index (χ0v) is 28.4. The Balaban J connectivity index is 1.86. The number of carbonyl (C=O) groups excluding carboxylic acids is 1. The first-order valence-electron chi connectivity index (χ1n) is 13.9. The molecule has 0 fully saturated rings. The van der Waals surface area contributed by atoms with Gasteiger partial charge in [0.25, 0.3) is 0 Å². The van der Waals surface area contributed by atoms with Crippen molar-refractivity contribution in [2.45, 2.75) is 13.8 Å². The Kier molecular flexibility index (Phi) is 10.5. The molecule has 0 saturated carbocycles. The summed E-state index contributed by atoms with van der Waals surface area (Å²) in [5.41, 5.74) is 1.22. The number of ether oxygens (including phenoxy) is 5. The van der Waals surface area contributed by atoms with Gasteiger partial charge in [-0.25, -0.2) is 4.79 Å². The highest BCUT2D eigenvalue weighted by molar-refractivity contribution is 6.34. The first kappa shape index (κ1) is 34.3. The van der Waals surface area contributed by atoms with Gasteiger partial charge in [0, 0.05) is 22.2 Å². The number of nitrogens with zero attached hydrogens (tertiary/aromatic N) is 2. The molecule has 0 atom stereocenters. The van der Waals surface area contributed by atoms with Crippen LogP contribution in [0, 0.1) is 36.5 Å². The quantitative estimate of drug-likeness (QED) is 0.138. The van der Waals surface area contributed by atoms with E-state index in [1.165, 1.54) is 55.6 Å². The van der Waals surface area contributed by atoms with Crippen LogP contribution in [0.1, 0.15) is 32.6 Å². The van der Waals surface area contributed by atoms with Gasteiger partial charge in [-0.3, -0.25) is 0 Å². The lowest BCUT2D eigenvalue weighted by Crippen LogP contribution is -2.05. The molecule has 8 nitrogen and oxygen atoms in total. The van der Waals surface area contributed by atoms with Gasteiger partial charge in [0.1, 0.15) is 46.3 Å². The molecule has 5 aromatic carbocycles. The molecule has 0 bridgehead atoms. The van der Waals surface area contributed by atoms with E-state index in [9.17, 15) is 15.3 Å². The Morgan fingerprint density at radius 2 is 1.08 bits per heavy atom. The molecule has 0 aliphatic rings.